The number of nitrogens with one attached hydrogen (secondary N) is 1. The summed E-state index contributed by atoms with van der Waals surface area (Å²) in [5.74, 6) is 0.110. The molecule has 0 fully saturated rings. The summed E-state index contributed by atoms with van der Waals surface area (Å²) in [7, 11) is 0. The molecule has 1 N–H and O–H groups in total. The molecule has 0 spiro atoms. The van der Waals surface area contributed by atoms with Crippen LogP contribution in [0.2, 0.25) is 0 Å². The first-order valence-corrected chi connectivity index (χ1v) is 9.99. The number of carbonyl (C=O) groups excluding carboxylic acids is 1. The molecule has 5 nitrogen and oxygen atoms in total. The van der Waals surface area contributed by atoms with E-state index >= 15 is 0 Å². The SMILES string of the molecule is O=C(NCCc1ccc(C(F)(F)F)cc1)c1ccccc1OCc1cn2ccccc2n1. The van der Waals surface area contributed by atoms with Crippen LogP contribution in [0.4, 0.5) is 13.2 Å². The standard InChI is InChI=1S/C24H20F3N3O2/c25-24(26,27)18-10-8-17(9-11-18)12-13-28-23(31)20-5-1-2-6-21(20)32-16-19-15-30-14-4-3-7-22(30)29-19/h1-11,14-15H,12-13,16H2,(H,28,31). The monoisotopic (exact) mass is 439 g/mol. The van der Waals surface area contributed by atoms with Crippen LogP contribution in [0.25, 0.3) is 5.65 Å². The minimum absolute atomic E-state index is 0.206. The molecule has 0 aliphatic rings. The van der Waals surface area contributed by atoms with E-state index in [1.165, 1.54) is 12.1 Å². The Morgan fingerprint density at radius 3 is 2.50 bits per heavy atom. The highest BCUT2D eigenvalue weighted by Crippen LogP contribution is 2.29. The van der Waals surface area contributed by atoms with Crippen LogP contribution < -0.4 is 10.1 Å². The number of hydrogen-bond donors (Lipinski definition) is 1. The normalized spacial score (nSPS) is 11.5. The Kier molecular flexibility index (Phi) is 6.11. The van der Waals surface area contributed by atoms with Gasteiger partial charge in [-0.2, -0.15) is 13.2 Å². The molecule has 0 saturated carbocycles. The summed E-state index contributed by atoms with van der Waals surface area (Å²) in [6, 6.07) is 17.5. The molecule has 1 amide bonds. The Bertz CT molecular complexity index is 1180. The largest absolute Gasteiger partial charge is 0.486 e. The summed E-state index contributed by atoms with van der Waals surface area (Å²) in [6.07, 6.45) is -0.195. The lowest BCUT2D eigenvalue weighted by atomic mass is 10.1. The van der Waals surface area contributed by atoms with Gasteiger partial charge in [0, 0.05) is 18.9 Å². The maximum absolute atomic E-state index is 12.7. The summed E-state index contributed by atoms with van der Waals surface area (Å²) < 4.78 is 45.7. The number of nitrogens with zero attached hydrogens (tertiary/aromatic N) is 2. The summed E-state index contributed by atoms with van der Waals surface area (Å²) in [6.45, 7) is 0.489. The maximum Gasteiger partial charge on any atom is 0.416 e. The van der Waals surface area contributed by atoms with E-state index in [4.69, 9.17) is 4.74 Å². The van der Waals surface area contributed by atoms with Gasteiger partial charge in [0.05, 0.1) is 16.8 Å². The van der Waals surface area contributed by atoms with Crippen LogP contribution in [0.1, 0.15) is 27.2 Å². The summed E-state index contributed by atoms with van der Waals surface area (Å²) in [4.78, 5) is 17.1. The Morgan fingerprint density at radius 2 is 1.75 bits per heavy atom. The number of para-hydroxylation sites is 1. The number of pyridine rings is 1. The zero-order chi connectivity index (χ0) is 22.6. The second-order valence-electron chi connectivity index (χ2n) is 7.18. The van der Waals surface area contributed by atoms with Gasteiger partial charge in [-0.1, -0.05) is 30.3 Å². The van der Waals surface area contributed by atoms with E-state index in [0.29, 0.717) is 23.3 Å². The van der Waals surface area contributed by atoms with Crippen LogP contribution >= 0.6 is 0 Å². The Balaban J connectivity index is 1.34. The third-order valence-corrected chi connectivity index (χ3v) is 4.90. The zero-order valence-electron chi connectivity index (χ0n) is 17.0. The lowest BCUT2D eigenvalue weighted by Crippen LogP contribution is -2.26. The zero-order valence-corrected chi connectivity index (χ0v) is 17.0. The first-order valence-electron chi connectivity index (χ1n) is 9.99. The number of benzene rings is 2. The van der Waals surface area contributed by atoms with Crippen molar-refractivity contribution in [3.63, 3.8) is 0 Å². The first kappa shape index (κ1) is 21.4. The van der Waals surface area contributed by atoms with Crippen LogP contribution in [-0.2, 0) is 19.2 Å². The minimum Gasteiger partial charge on any atom is -0.486 e. The number of alkyl halides is 3. The van der Waals surface area contributed by atoms with E-state index in [-0.39, 0.29) is 19.1 Å². The molecule has 0 bridgehead atoms. The van der Waals surface area contributed by atoms with E-state index in [2.05, 4.69) is 10.3 Å². The van der Waals surface area contributed by atoms with Crippen molar-refractivity contribution in [2.75, 3.05) is 6.54 Å². The van der Waals surface area contributed by atoms with Gasteiger partial charge < -0.3 is 14.5 Å². The topological polar surface area (TPSA) is 55.6 Å². The number of imidazole rings is 1. The van der Waals surface area contributed by atoms with Crippen molar-refractivity contribution in [2.24, 2.45) is 0 Å². The van der Waals surface area contributed by atoms with Gasteiger partial charge in [0.2, 0.25) is 0 Å². The fourth-order valence-electron chi connectivity index (χ4n) is 3.26. The molecule has 32 heavy (non-hydrogen) atoms. The number of aromatic nitrogens is 2. The average Bonchev–Trinajstić information content (AvgIpc) is 3.20. The van der Waals surface area contributed by atoms with Crippen molar-refractivity contribution in [3.8, 4) is 5.75 Å². The van der Waals surface area contributed by atoms with Crippen molar-refractivity contribution in [1.82, 2.24) is 14.7 Å². The van der Waals surface area contributed by atoms with Crippen LogP contribution in [0.3, 0.4) is 0 Å². The quantitative estimate of drug-likeness (QED) is 0.446. The second-order valence-corrected chi connectivity index (χ2v) is 7.18. The molecule has 0 unspecified atom stereocenters. The van der Waals surface area contributed by atoms with Crippen LogP contribution in [-0.4, -0.2) is 21.8 Å². The Morgan fingerprint density at radius 1 is 1.00 bits per heavy atom. The van der Waals surface area contributed by atoms with Gasteiger partial charge in [0.25, 0.3) is 5.91 Å². The molecule has 2 aromatic carbocycles. The van der Waals surface area contributed by atoms with Crippen LogP contribution in [0.5, 0.6) is 5.75 Å². The van der Waals surface area contributed by atoms with Gasteiger partial charge in [-0.05, 0) is 48.4 Å². The van der Waals surface area contributed by atoms with E-state index in [1.54, 1.807) is 24.3 Å². The second kappa shape index (κ2) is 9.13. The van der Waals surface area contributed by atoms with Crippen LogP contribution in [0, 0.1) is 0 Å². The predicted molar refractivity (Wildman–Crippen MR) is 113 cm³/mol. The lowest BCUT2D eigenvalue weighted by molar-refractivity contribution is -0.137. The highest BCUT2D eigenvalue weighted by atomic mass is 19.4. The number of rotatable bonds is 7. The van der Waals surface area contributed by atoms with Crippen LogP contribution in [0.15, 0.2) is 79.1 Å². The molecule has 8 heteroatoms. The molecule has 0 aliphatic carbocycles. The Labute approximate surface area is 182 Å². The third kappa shape index (κ3) is 5.08. The molecule has 2 aromatic heterocycles. The van der Waals surface area contributed by atoms with E-state index in [0.717, 1.165) is 23.5 Å². The summed E-state index contributed by atoms with van der Waals surface area (Å²) in [5.41, 5.74) is 1.93. The predicted octanol–water partition coefficient (Wildman–Crippen LogP) is 4.90. The van der Waals surface area contributed by atoms with Crippen molar-refractivity contribution >= 4 is 11.6 Å². The molecule has 4 aromatic rings. The number of amides is 1. The molecule has 164 valence electrons. The summed E-state index contributed by atoms with van der Waals surface area (Å²) in [5, 5.41) is 2.79. The van der Waals surface area contributed by atoms with Crippen molar-refractivity contribution in [1.29, 1.82) is 0 Å². The molecule has 2 heterocycles. The van der Waals surface area contributed by atoms with E-state index in [1.807, 2.05) is 35.0 Å². The van der Waals surface area contributed by atoms with Gasteiger partial charge in [0.15, 0.2) is 0 Å². The number of hydrogen-bond acceptors (Lipinski definition) is 3. The molecular weight excluding hydrogens is 419 g/mol. The van der Waals surface area contributed by atoms with Gasteiger partial charge in [-0.15, -0.1) is 0 Å². The van der Waals surface area contributed by atoms with Crippen molar-refractivity contribution in [2.45, 2.75) is 19.2 Å². The highest BCUT2D eigenvalue weighted by molar-refractivity contribution is 5.96. The molecule has 4 rings (SSSR count). The van der Waals surface area contributed by atoms with Crippen molar-refractivity contribution < 1.29 is 22.7 Å². The first-order chi connectivity index (χ1) is 15.4. The molecular formula is C24H20F3N3O2. The van der Waals surface area contributed by atoms with Gasteiger partial charge >= 0.3 is 6.18 Å². The molecule has 0 radical (unpaired) electrons. The van der Waals surface area contributed by atoms with Gasteiger partial charge in [0.1, 0.15) is 18.0 Å². The van der Waals surface area contributed by atoms with E-state index in [9.17, 15) is 18.0 Å². The van der Waals surface area contributed by atoms with Gasteiger partial charge in [-0.25, -0.2) is 4.98 Å². The fourth-order valence-corrected chi connectivity index (χ4v) is 3.26. The molecule has 0 atom stereocenters. The van der Waals surface area contributed by atoms with Gasteiger partial charge in [-0.3, -0.25) is 4.79 Å². The van der Waals surface area contributed by atoms with E-state index < -0.39 is 11.7 Å². The number of fused-ring (bicyclic) bond motifs is 1. The highest BCUT2D eigenvalue weighted by Gasteiger charge is 2.29. The molecule has 0 saturated heterocycles. The smallest absolute Gasteiger partial charge is 0.416 e. The summed E-state index contributed by atoms with van der Waals surface area (Å²) >= 11 is 0. The number of halogens is 3. The molecule has 0 aliphatic heterocycles. The lowest BCUT2D eigenvalue weighted by Gasteiger charge is -2.11. The van der Waals surface area contributed by atoms with Crippen molar-refractivity contribution in [3.05, 3.63) is 102 Å². The third-order valence-electron chi connectivity index (χ3n) is 4.90. The maximum atomic E-state index is 12.7. The Hall–Kier alpha value is -3.81. The number of ether oxygens (including phenoxy) is 1. The minimum atomic E-state index is -4.36. The fraction of sp³-hybridized carbons (Fsp3) is 0.167. The average molecular weight is 439 g/mol. The number of carbonyl (C=O) groups is 1.